The highest BCUT2D eigenvalue weighted by Crippen LogP contribution is 2.42. The molecule has 0 aliphatic rings. The summed E-state index contributed by atoms with van der Waals surface area (Å²) in [5, 5.41) is 6.73. The van der Waals surface area contributed by atoms with Gasteiger partial charge in [0.15, 0.2) is 5.58 Å². The summed E-state index contributed by atoms with van der Waals surface area (Å²) in [5.41, 5.74) is 10.6. The maximum atomic E-state index is 6.92. The number of benzene rings is 7. The molecule has 5 nitrogen and oxygen atoms in total. The van der Waals surface area contributed by atoms with Gasteiger partial charge in [-0.3, -0.25) is 4.57 Å². The minimum Gasteiger partial charge on any atom is -0.456 e. The molecule has 0 saturated carbocycles. The molecular formula is C43H25N3O2. The fourth-order valence-corrected chi connectivity index (χ4v) is 7.70. The molecule has 11 rings (SSSR count). The molecular weight excluding hydrogens is 590 g/mol. The summed E-state index contributed by atoms with van der Waals surface area (Å²) in [6.07, 6.45) is 0. The van der Waals surface area contributed by atoms with Crippen LogP contribution in [0.5, 0.6) is 0 Å². The Labute approximate surface area is 273 Å². The van der Waals surface area contributed by atoms with Crippen LogP contribution in [0.3, 0.4) is 0 Å². The van der Waals surface area contributed by atoms with Gasteiger partial charge in [-0.1, -0.05) is 109 Å². The van der Waals surface area contributed by atoms with Gasteiger partial charge in [0.1, 0.15) is 16.7 Å². The second-order valence-electron chi connectivity index (χ2n) is 12.4. The standard InChI is InChI=1S/C43H25N3O2/c1-2-12-26(13-3-1)33-25-39-40(32-17-7-11-21-38(32)47-39)41-42(33)48-43(44-41)46-36-20-10-6-16-30(36)31-23-22-27(24-37(31)46)45-34-18-8-4-14-28(34)29-15-5-9-19-35(29)45/h1-25H. The fraction of sp³-hybridized carbons (Fsp3) is 0. The summed E-state index contributed by atoms with van der Waals surface area (Å²) in [6, 6.07) is 53.5. The third-order valence-electron chi connectivity index (χ3n) is 9.77. The van der Waals surface area contributed by atoms with Crippen molar-refractivity contribution in [3.8, 4) is 22.8 Å². The third kappa shape index (κ3) is 3.42. The molecule has 0 N–H and O–H groups in total. The molecule has 0 atom stereocenters. The lowest BCUT2D eigenvalue weighted by atomic mass is 10.0. The number of aromatic nitrogens is 3. The number of hydrogen-bond acceptors (Lipinski definition) is 3. The molecule has 4 aromatic heterocycles. The van der Waals surface area contributed by atoms with Crippen LogP contribution in [0, 0.1) is 0 Å². The van der Waals surface area contributed by atoms with Crippen molar-refractivity contribution in [2.24, 2.45) is 0 Å². The summed E-state index contributed by atoms with van der Waals surface area (Å²) in [5.74, 6) is 0. The van der Waals surface area contributed by atoms with E-state index in [-0.39, 0.29) is 0 Å². The van der Waals surface area contributed by atoms with Gasteiger partial charge in [0.05, 0.1) is 27.5 Å². The molecule has 5 heteroatoms. The van der Waals surface area contributed by atoms with E-state index in [0.29, 0.717) is 6.01 Å². The largest absolute Gasteiger partial charge is 0.456 e. The van der Waals surface area contributed by atoms with E-state index in [9.17, 15) is 0 Å². The summed E-state index contributed by atoms with van der Waals surface area (Å²) < 4.78 is 17.8. The first-order valence-corrected chi connectivity index (χ1v) is 16.1. The Morgan fingerprint density at radius 3 is 1.73 bits per heavy atom. The normalized spacial score (nSPS) is 12.2. The maximum Gasteiger partial charge on any atom is 0.307 e. The summed E-state index contributed by atoms with van der Waals surface area (Å²) in [4.78, 5) is 5.31. The second-order valence-corrected chi connectivity index (χ2v) is 12.4. The molecule has 48 heavy (non-hydrogen) atoms. The first-order chi connectivity index (χ1) is 23.8. The number of fused-ring (bicyclic) bond motifs is 11. The zero-order valence-electron chi connectivity index (χ0n) is 25.6. The highest BCUT2D eigenvalue weighted by atomic mass is 16.4. The zero-order valence-corrected chi connectivity index (χ0v) is 25.6. The van der Waals surface area contributed by atoms with E-state index >= 15 is 0 Å². The van der Waals surface area contributed by atoms with E-state index in [1.165, 1.54) is 21.8 Å². The van der Waals surface area contributed by atoms with Crippen LogP contribution in [0.1, 0.15) is 0 Å². The average Bonchev–Trinajstić information content (AvgIpc) is 3.90. The van der Waals surface area contributed by atoms with Gasteiger partial charge in [0.2, 0.25) is 0 Å². The highest BCUT2D eigenvalue weighted by Gasteiger charge is 2.23. The van der Waals surface area contributed by atoms with Crippen molar-refractivity contribution in [1.29, 1.82) is 0 Å². The topological polar surface area (TPSA) is 49.0 Å². The average molecular weight is 616 g/mol. The number of nitrogens with zero attached hydrogens (tertiary/aromatic N) is 3. The van der Waals surface area contributed by atoms with E-state index < -0.39 is 0 Å². The molecule has 0 spiro atoms. The van der Waals surface area contributed by atoms with E-state index in [1.807, 2.05) is 36.4 Å². The number of para-hydroxylation sites is 4. The Hall–Kier alpha value is -6.59. The van der Waals surface area contributed by atoms with E-state index in [4.69, 9.17) is 13.8 Å². The predicted molar refractivity (Wildman–Crippen MR) is 195 cm³/mol. The molecule has 0 unspecified atom stereocenters. The first kappa shape index (κ1) is 25.6. The lowest BCUT2D eigenvalue weighted by Gasteiger charge is -2.09. The van der Waals surface area contributed by atoms with Crippen LogP contribution in [-0.2, 0) is 0 Å². The fourth-order valence-electron chi connectivity index (χ4n) is 7.70. The van der Waals surface area contributed by atoms with Crippen molar-refractivity contribution in [2.75, 3.05) is 0 Å². The molecule has 0 fully saturated rings. The second kappa shape index (κ2) is 9.47. The molecule has 0 aliphatic carbocycles. The lowest BCUT2D eigenvalue weighted by Crippen LogP contribution is -1.97. The van der Waals surface area contributed by atoms with Crippen molar-refractivity contribution in [3.63, 3.8) is 0 Å². The Morgan fingerprint density at radius 1 is 0.438 bits per heavy atom. The number of furan rings is 1. The van der Waals surface area contributed by atoms with Gasteiger partial charge in [-0.15, -0.1) is 0 Å². The SMILES string of the molecule is c1ccc(-c2cc3oc4ccccc4c3c3nc(-n4c5ccccc5c5ccc(-n6c7ccccc7c7ccccc76)cc54)oc23)cc1. The highest BCUT2D eigenvalue weighted by molar-refractivity contribution is 6.20. The van der Waals surface area contributed by atoms with Gasteiger partial charge in [-0.25, -0.2) is 0 Å². The van der Waals surface area contributed by atoms with Crippen LogP contribution in [-0.4, -0.2) is 14.1 Å². The van der Waals surface area contributed by atoms with Crippen LogP contribution >= 0.6 is 0 Å². The molecule has 224 valence electrons. The first-order valence-electron chi connectivity index (χ1n) is 16.1. The van der Waals surface area contributed by atoms with Crippen molar-refractivity contribution >= 4 is 76.6 Å². The van der Waals surface area contributed by atoms with Gasteiger partial charge >= 0.3 is 6.01 Å². The van der Waals surface area contributed by atoms with E-state index in [1.54, 1.807) is 0 Å². The molecule has 4 heterocycles. The van der Waals surface area contributed by atoms with Gasteiger partial charge in [-0.05, 0) is 48.0 Å². The Balaban J connectivity index is 1.25. The Bertz CT molecular complexity index is 3010. The smallest absolute Gasteiger partial charge is 0.307 e. The molecule has 0 bridgehead atoms. The van der Waals surface area contributed by atoms with E-state index in [2.05, 4.69) is 124 Å². The number of hydrogen-bond donors (Lipinski definition) is 0. The number of oxazole rings is 1. The van der Waals surface area contributed by atoms with E-state index in [0.717, 1.165) is 71.7 Å². The minimum atomic E-state index is 0.519. The Morgan fingerprint density at radius 2 is 1.02 bits per heavy atom. The molecule has 0 amide bonds. The van der Waals surface area contributed by atoms with Gasteiger partial charge in [-0.2, -0.15) is 4.98 Å². The Kier molecular flexibility index (Phi) is 5.05. The predicted octanol–water partition coefficient (Wildman–Crippen LogP) is 11.6. The van der Waals surface area contributed by atoms with Crippen molar-refractivity contribution in [3.05, 3.63) is 152 Å². The van der Waals surface area contributed by atoms with Crippen LogP contribution in [0.15, 0.2) is 160 Å². The zero-order chi connectivity index (χ0) is 31.3. The van der Waals surface area contributed by atoms with Crippen LogP contribution in [0.4, 0.5) is 0 Å². The molecule has 0 radical (unpaired) electrons. The van der Waals surface area contributed by atoms with Gasteiger partial charge < -0.3 is 13.4 Å². The van der Waals surface area contributed by atoms with Crippen LogP contribution in [0.2, 0.25) is 0 Å². The van der Waals surface area contributed by atoms with Gasteiger partial charge in [0, 0.05) is 38.2 Å². The summed E-state index contributed by atoms with van der Waals surface area (Å²) in [7, 11) is 0. The maximum absolute atomic E-state index is 6.92. The minimum absolute atomic E-state index is 0.519. The molecule has 0 saturated heterocycles. The quantitative estimate of drug-likeness (QED) is 0.199. The monoisotopic (exact) mass is 615 g/mol. The summed E-state index contributed by atoms with van der Waals surface area (Å²) >= 11 is 0. The van der Waals surface area contributed by atoms with Gasteiger partial charge in [0.25, 0.3) is 0 Å². The van der Waals surface area contributed by atoms with Crippen molar-refractivity contribution < 1.29 is 8.83 Å². The van der Waals surface area contributed by atoms with Crippen LogP contribution in [0.25, 0.3) is 99.5 Å². The molecule has 0 aliphatic heterocycles. The number of rotatable bonds is 3. The molecule has 11 aromatic rings. The van der Waals surface area contributed by atoms with Crippen molar-refractivity contribution in [2.45, 2.75) is 0 Å². The summed E-state index contributed by atoms with van der Waals surface area (Å²) in [6.45, 7) is 0. The van der Waals surface area contributed by atoms with Crippen molar-refractivity contribution in [1.82, 2.24) is 14.1 Å². The molecule has 7 aromatic carbocycles. The third-order valence-corrected chi connectivity index (χ3v) is 9.77. The lowest BCUT2D eigenvalue weighted by molar-refractivity contribution is 0.575. The van der Waals surface area contributed by atoms with Crippen LogP contribution < -0.4 is 0 Å².